The molecule has 0 aliphatic carbocycles. The Bertz CT molecular complexity index is 1470. The van der Waals surface area contributed by atoms with E-state index in [0.717, 1.165) is 3.97 Å². The van der Waals surface area contributed by atoms with E-state index in [1.807, 2.05) is 0 Å². The number of hydrogen-bond donors (Lipinski definition) is 1. The van der Waals surface area contributed by atoms with Gasteiger partial charge in [0.25, 0.3) is 10.0 Å². The van der Waals surface area contributed by atoms with Gasteiger partial charge in [0.15, 0.2) is 0 Å². The molecular formula is C25H22FNO5S. The lowest BCUT2D eigenvalue weighted by Gasteiger charge is -2.10. The summed E-state index contributed by atoms with van der Waals surface area (Å²) in [6, 6.07) is 16.1. The molecule has 4 rings (SSSR count). The zero-order valence-electron chi connectivity index (χ0n) is 18.1. The number of aryl methyl sites for hydroxylation is 2. The van der Waals surface area contributed by atoms with Crippen molar-refractivity contribution in [1.29, 1.82) is 0 Å². The molecule has 0 saturated carbocycles. The maximum atomic E-state index is 14.1. The molecule has 6 nitrogen and oxygen atoms in total. The molecule has 1 heterocycles. The molecule has 170 valence electrons. The Morgan fingerprint density at radius 2 is 1.82 bits per heavy atom. The number of aromatic nitrogens is 1. The molecule has 0 amide bonds. The molecule has 33 heavy (non-hydrogen) atoms. The zero-order chi connectivity index (χ0) is 23.8. The van der Waals surface area contributed by atoms with Crippen molar-refractivity contribution in [2.75, 3.05) is 7.11 Å². The lowest BCUT2D eigenvalue weighted by atomic mass is 10.0. The lowest BCUT2D eigenvalue weighted by molar-refractivity contribution is -0.136. The van der Waals surface area contributed by atoms with Gasteiger partial charge in [0, 0.05) is 18.0 Å². The third-order valence-corrected chi connectivity index (χ3v) is 7.23. The van der Waals surface area contributed by atoms with E-state index in [1.165, 1.54) is 31.5 Å². The SMILES string of the molecule is COc1ccc2c(c1)c(CCC(=O)O)cn2S(=O)(=O)c1cccc(-c2ccc(C)c(F)c2)c1. The first-order valence-corrected chi connectivity index (χ1v) is 11.7. The van der Waals surface area contributed by atoms with Gasteiger partial charge in [-0.25, -0.2) is 16.8 Å². The van der Waals surface area contributed by atoms with Crippen LogP contribution in [0.2, 0.25) is 0 Å². The average Bonchev–Trinajstić information content (AvgIpc) is 3.18. The quantitative estimate of drug-likeness (QED) is 0.413. The van der Waals surface area contributed by atoms with Crippen molar-refractivity contribution >= 4 is 26.9 Å². The lowest BCUT2D eigenvalue weighted by Crippen LogP contribution is -2.12. The van der Waals surface area contributed by atoms with Gasteiger partial charge < -0.3 is 9.84 Å². The maximum absolute atomic E-state index is 14.1. The van der Waals surface area contributed by atoms with Crippen molar-refractivity contribution in [2.24, 2.45) is 0 Å². The second-order valence-corrected chi connectivity index (χ2v) is 9.54. The standard InChI is InChI=1S/C25H22FNO5S/c1-16-6-7-18(13-23(16)26)17-4-3-5-21(12-17)33(30,31)27-15-19(8-11-25(28)29)22-14-20(32-2)9-10-24(22)27/h3-7,9-10,12-15H,8,11H2,1-2H3,(H,28,29). The molecule has 0 aliphatic rings. The highest BCUT2D eigenvalue weighted by Gasteiger charge is 2.22. The number of carbonyl (C=O) groups is 1. The van der Waals surface area contributed by atoms with Crippen LogP contribution in [-0.4, -0.2) is 30.6 Å². The number of ether oxygens (including phenoxy) is 1. The van der Waals surface area contributed by atoms with Gasteiger partial charge in [0.05, 0.1) is 17.5 Å². The molecule has 0 radical (unpaired) electrons. The van der Waals surface area contributed by atoms with Gasteiger partial charge in [0.2, 0.25) is 0 Å². The fourth-order valence-corrected chi connectivity index (χ4v) is 5.17. The van der Waals surface area contributed by atoms with Crippen LogP contribution in [-0.2, 0) is 21.2 Å². The van der Waals surface area contributed by atoms with Crippen LogP contribution in [0.5, 0.6) is 5.75 Å². The smallest absolute Gasteiger partial charge is 0.303 e. The number of carboxylic acid groups (broad SMARTS) is 1. The van der Waals surface area contributed by atoms with E-state index < -0.39 is 16.0 Å². The molecule has 0 saturated heterocycles. The minimum absolute atomic E-state index is 0.0403. The summed E-state index contributed by atoms with van der Waals surface area (Å²) < 4.78 is 47.7. The first-order valence-electron chi connectivity index (χ1n) is 10.2. The molecule has 8 heteroatoms. The van der Waals surface area contributed by atoms with Crippen LogP contribution < -0.4 is 4.74 Å². The number of fused-ring (bicyclic) bond motifs is 1. The number of benzene rings is 3. The molecule has 0 fully saturated rings. The van der Waals surface area contributed by atoms with Gasteiger partial charge in [-0.15, -0.1) is 0 Å². The van der Waals surface area contributed by atoms with Crippen LogP contribution in [0.15, 0.2) is 71.8 Å². The van der Waals surface area contributed by atoms with Crippen molar-refractivity contribution in [3.05, 3.63) is 83.8 Å². The summed E-state index contributed by atoms with van der Waals surface area (Å²) in [7, 11) is -2.51. The fraction of sp³-hybridized carbons (Fsp3) is 0.160. The van der Waals surface area contributed by atoms with Gasteiger partial charge in [-0.05, 0) is 72.0 Å². The predicted molar refractivity (Wildman–Crippen MR) is 124 cm³/mol. The molecule has 0 unspecified atom stereocenters. The summed E-state index contributed by atoms with van der Waals surface area (Å²) >= 11 is 0. The van der Waals surface area contributed by atoms with E-state index in [9.17, 15) is 17.6 Å². The Hall–Kier alpha value is -3.65. The Morgan fingerprint density at radius 3 is 2.52 bits per heavy atom. The van der Waals surface area contributed by atoms with Crippen molar-refractivity contribution in [2.45, 2.75) is 24.7 Å². The van der Waals surface area contributed by atoms with Crippen LogP contribution >= 0.6 is 0 Å². The summed E-state index contributed by atoms with van der Waals surface area (Å²) in [4.78, 5) is 11.1. The number of methoxy groups -OCH3 is 1. The van der Waals surface area contributed by atoms with Gasteiger partial charge in [-0.3, -0.25) is 4.79 Å². The summed E-state index contributed by atoms with van der Waals surface area (Å²) in [5, 5.41) is 9.70. The van der Waals surface area contributed by atoms with Crippen LogP contribution in [0.1, 0.15) is 17.5 Å². The van der Waals surface area contributed by atoms with E-state index in [4.69, 9.17) is 9.84 Å². The Labute approximate surface area is 190 Å². The zero-order valence-corrected chi connectivity index (χ0v) is 18.9. The molecule has 0 aliphatic heterocycles. The number of aliphatic carboxylic acids is 1. The second-order valence-electron chi connectivity index (χ2n) is 7.72. The third-order valence-electron chi connectivity index (χ3n) is 5.56. The number of rotatable bonds is 7. The van der Waals surface area contributed by atoms with Crippen molar-refractivity contribution in [3.63, 3.8) is 0 Å². The van der Waals surface area contributed by atoms with Crippen LogP contribution in [0.25, 0.3) is 22.0 Å². The van der Waals surface area contributed by atoms with Crippen LogP contribution in [0.4, 0.5) is 4.39 Å². The van der Waals surface area contributed by atoms with E-state index in [-0.39, 0.29) is 23.6 Å². The highest BCUT2D eigenvalue weighted by atomic mass is 32.2. The summed E-state index contributed by atoms with van der Waals surface area (Å²) in [5.74, 6) is -0.800. The van der Waals surface area contributed by atoms with Gasteiger partial charge in [-0.2, -0.15) is 0 Å². The molecule has 0 bridgehead atoms. The average molecular weight is 468 g/mol. The highest BCUT2D eigenvalue weighted by Crippen LogP contribution is 2.31. The normalized spacial score (nSPS) is 11.6. The van der Waals surface area contributed by atoms with Gasteiger partial charge >= 0.3 is 5.97 Å². The molecule has 0 spiro atoms. The minimum Gasteiger partial charge on any atom is -0.497 e. The van der Waals surface area contributed by atoms with Crippen molar-refractivity contribution in [1.82, 2.24) is 3.97 Å². The Kier molecular flexibility index (Phi) is 5.95. The third kappa shape index (κ3) is 4.34. The van der Waals surface area contributed by atoms with Crippen molar-refractivity contribution in [3.8, 4) is 16.9 Å². The number of hydrogen-bond acceptors (Lipinski definition) is 4. The largest absolute Gasteiger partial charge is 0.497 e. The topological polar surface area (TPSA) is 85.6 Å². The van der Waals surface area contributed by atoms with E-state index in [0.29, 0.717) is 38.9 Å². The summed E-state index contributed by atoms with van der Waals surface area (Å²) in [6.07, 6.45) is 1.50. The summed E-state index contributed by atoms with van der Waals surface area (Å²) in [5.41, 5.74) is 2.65. The molecule has 4 aromatic rings. The maximum Gasteiger partial charge on any atom is 0.303 e. The molecule has 1 N–H and O–H groups in total. The molecule has 3 aromatic carbocycles. The van der Waals surface area contributed by atoms with Gasteiger partial charge in [0.1, 0.15) is 11.6 Å². The molecular weight excluding hydrogens is 445 g/mol. The van der Waals surface area contributed by atoms with Crippen molar-refractivity contribution < 1.29 is 27.4 Å². The fourth-order valence-electron chi connectivity index (χ4n) is 3.73. The summed E-state index contributed by atoms with van der Waals surface area (Å²) in [6.45, 7) is 1.66. The first-order chi connectivity index (χ1) is 15.7. The number of nitrogens with zero attached hydrogens (tertiary/aromatic N) is 1. The number of halogens is 1. The first kappa shape index (κ1) is 22.5. The van der Waals surface area contributed by atoms with Gasteiger partial charge in [-0.1, -0.05) is 24.3 Å². The van der Waals surface area contributed by atoms with E-state index in [1.54, 1.807) is 49.4 Å². The molecule has 0 atom stereocenters. The predicted octanol–water partition coefficient (Wildman–Crippen LogP) is 5.02. The highest BCUT2D eigenvalue weighted by molar-refractivity contribution is 7.90. The van der Waals surface area contributed by atoms with Crippen LogP contribution in [0.3, 0.4) is 0 Å². The Balaban J connectivity index is 1.84. The molecule has 1 aromatic heterocycles. The van der Waals surface area contributed by atoms with E-state index in [2.05, 4.69) is 0 Å². The second kappa shape index (κ2) is 8.71. The Morgan fingerprint density at radius 1 is 1.06 bits per heavy atom. The van der Waals surface area contributed by atoms with Crippen LogP contribution in [0, 0.1) is 12.7 Å². The number of carboxylic acids is 1. The minimum atomic E-state index is -4.02. The monoisotopic (exact) mass is 467 g/mol. The van der Waals surface area contributed by atoms with E-state index >= 15 is 0 Å².